The molecule has 10 aliphatic rings. The van der Waals surface area contributed by atoms with Gasteiger partial charge in [0.1, 0.15) is 232 Å². The van der Waals surface area contributed by atoms with Crippen molar-refractivity contribution in [1.82, 2.24) is 10.6 Å². The summed E-state index contributed by atoms with van der Waals surface area (Å²) >= 11 is 0. The van der Waals surface area contributed by atoms with Crippen LogP contribution in [0.25, 0.3) is 0 Å². The minimum Gasteiger partial charge on any atom is -0.394 e. The maximum atomic E-state index is 12.8. The fourth-order valence-corrected chi connectivity index (χ4v) is 15.0. The van der Waals surface area contributed by atoms with E-state index in [4.69, 9.17) is 90.0 Å². The van der Waals surface area contributed by atoms with Crippen LogP contribution in [0.1, 0.15) is 27.7 Å². The number of aliphatic hydroxyl groups is 28. The third kappa shape index (κ3) is 20.1. The summed E-state index contributed by atoms with van der Waals surface area (Å²) in [6.45, 7) is -4.00. The predicted octanol–water partition coefficient (Wildman–Crippen LogP) is -20.5. The van der Waals surface area contributed by atoms with E-state index in [2.05, 4.69) is 10.6 Å². The van der Waals surface area contributed by atoms with Gasteiger partial charge >= 0.3 is 0 Å². The molecule has 2 amide bonds. The second kappa shape index (κ2) is 40.6. The van der Waals surface area contributed by atoms with E-state index >= 15 is 0 Å². The van der Waals surface area contributed by atoms with Crippen molar-refractivity contribution in [1.29, 1.82) is 0 Å². The molecule has 10 aliphatic heterocycles. The summed E-state index contributed by atoms with van der Waals surface area (Å²) in [5.41, 5.74) is 0. The second-order valence-electron chi connectivity index (χ2n) is 29.5. The molecule has 10 rings (SSSR count). The molecule has 0 spiro atoms. The first-order chi connectivity index (χ1) is 54.4. The summed E-state index contributed by atoms with van der Waals surface area (Å²) in [5, 5.41) is 313. The number of carbonyl (C=O) groups is 2. The van der Waals surface area contributed by atoms with Crippen molar-refractivity contribution < 1.29 is 243 Å². The van der Waals surface area contributed by atoms with Crippen LogP contribution >= 0.6 is 0 Å². The number of amides is 2. The molecule has 0 aromatic carbocycles. The van der Waals surface area contributed by atoms with E-state index in [1.165, 1.54) is 13.8 Å². The number of nitrogens with one attached hydrogen (secondary N) is 2. The summed E-state index contributed by atoms with van der Waals surface area (Å²) in [6, 6.07) is -3.63. The average molecular weight is 1690 g/mol. The molecule has 51 heteroatoms. The van der Waals surface area contributed by atoms with Crippen molar-refractivity contribution in [3.05, 3.63) is 0 Å². The standard InChI is InChI=1S/C64H108N2O49/c1-13-27(76)35(84)41(90)57(98-13)114-53-37(86)29(78)17(5-67)103-63(53)112-51-31(80)19(7-69)101-61(45(51)94)109-48-22(10-72)106-59(43(92)39(48)88)108-47-21(9-71)105-56(25(34(47)83)65-15(3)74)97-12-24-33(82)50(26(55(96)100-24)66-16(4)75)111-60-44(93)40(89)49(23(11-73)107-60)110-62-46(95)52(32(81)20(8-70)102-62)113-64-54(38(87)30(79)18(6-68)104-64)115-58-42(91)36(85)28(77)14(2)99-58/h13-14,17-64,67-73,76-96H,5-12H2,1-4H3,(H,65,74)(H,66,75)/t13-,14-,17+,18+,19+,20+,21+,22+,23+,24+,25+,26+,27+,28+,29-,30-,31-,32-,33-,34+,35+,36+,37-,38-,39+,40+,41-,42-,43+,44+,45+,46+,47+,48-,49-,50+,51-,52-,53+,54+,55-,56+,57-,58-,59-,60-,61+,62+,63+,64+/m0/s1. The maximum Gasteiger partial charge on any atom is 0.217 e. The zero-order valence-corrected chi connectivity index (χ0v) is 61.6. The Morgan fingerprint density at radius 1 is 0.243 bits per heavy atom. The number of rotatable bonds is 28. The Bertz CT molecular complexity index is 3010. The Morgan fingerprint density at radius 2 is 0.513 bits per heavy atom. The van der Waals surface area contributed by atoms with E-state index in [1.54, 1.807) is 0 Å². The molecule has 30 N–H and O–H groups in total. The van der Waals surface area contributed by atoms with Crippen LogP contribution in [0.15, 0.2) is 0 Å². The highest BCUT2D eigenvalue weighted by molar-refractivity contribution is 5.73. The molecule has 0 unspecified atom stereocenters. The highest BCUT2D eigenvalue weighted by Gasteiger charge is 2.61. The zero-order chi connectivity index (χ0) is 84.5. The van der Waals surface area contributed by atoms with Gasteiger partial charge in [0.15, 0.2) is 62.9 Å². The SMILES string of the molecule is CC(=O)N[C@@H]1[C@@H](O[C@@H]2O[C@H](CO)[C@H](O[C@H]3O[C@H](CO)[C@H](O)[C@H](O[C@H]4O[C@H](CO)[C@H](O)[C@H](O)[C@H]4O[C@@H]4O[C@@H](C)[C@@H](O)[C@@H](O)[C@@H]4O)[C@H]3O)[C@H](O)[C@H]2O)[C@@H](O)[C@@H](CO[C@@H]2O[C@H](CO)[C@@H](O[C@@H]3O[C@H](CO)[C@H](O[C@H]4O[C@H](CO)[C@H](O)[C@H](O[C@H]5O[C@H](CO)[C@H](O)[C@H](O)[C@H]5O[C@@H]5O[C@@H](C)[C@@H](O)[C@@H](O)[C@@H]5O)[C@H]4O)[C@H](O)[C@H]3O)[C@H](O)[C@H]2NC(C)=O)O[C@@H]1O. The van der Waals surface area contributed by atoms with Crippen molar-refractivity contribution >= 4 is 11.8 Å². The smallest absolute Gasteiger partial charge is 0.217 e. The lowest BCUT2D eigenvalue weighted by atomic mass is 9.94. The molecule has 0 radical (unpaired) electrons. The zero-order valence-electron chi connectivity index (χ0n) is 61.6. The summed E-state index contributed by atoms with van der Waals surface area (Å²) in [6.07, 6.45) is -95.1. The molecule has 10 saturated heterocycles. The Labute approximate surface area is 650 Å². The van der Waals surface area contributed by atoms with E-state index in [0.717, 1.165) is 13.8 Å². The van der Waals surface area contributed by atoms with Crippen molar-refractivity contribution in [2.24, 2.45) is 0 Å². The topological polar surface area (TPSA) is 800 Å². The van der Waals surface area contributed by atoms with Gasteiger partial charge in [0.05, 0.1) is 65.1 Å². The molecule has 0 aromatic rings. The molecule has 10 heterocycles. The summed E-state index contributed by atoms with van der Waals surface area (Å²) in [4.78, 5) is 25.5. The Morgan fingerprint density at radius 3 is 0.887 bits per heavy atom. The predicted molar refractivity (Wildman–Crippen MR) is 350 cm³/mol. The van der Waals surface area contributed by atoms with Crippen LogP contribution in [0.2, 0.25) is 0 Å². The van der Waals surface area contributed by atoms with Gasteiger partial charge in [-0.2, -0.15) is 0 Å². The van der Waals surface area contributed by atoms with Crippen LogP contribution in [-0.2, 0) is 99.6 Å². The van der Waals surface area contributed by atoms with Crippen molar-refractivity contribution in [2.45, 2.75) is 335 Å². The van der Waals surface area contributed by atoms with E-state index in [0.29, 0.717) is 0 Å². The highest BCUT2D eigenvalue weighted by atomic mass is 16.8. The molecule has 668 valence electrons. The molecular formula is C64H108N2O49. The molecule has 0 saturated carbocycles. The van der Waals surface area contributed by atoms with Crippen molar-refractivity contribution in [2.75, 3.05) is 52.9 Å². The number of carbonyl (C=O) groups excluding carboxylic acids is 2. The number of hydrogen-bond donors (Lipinski definition) is 30. The Hall–Kier alpha value is -2.94. The average Bonchev–Trinajstić information content (AvgIpc) is 0.780. The molecule has 0 aromatic heterocycles. The van der Waals surface area contributed by atoms with E-state index in [-0.39, 0.29) is 0 Å². The summed E-state index contributed by atoms with van der Waals surface area (Å²) in [7, 11) is 0. The lowest BCUT2D eigenvalue weighted by Gasteiger charge is -2.50. The van der Waals surface area contributed by atoms with Gasteiger partial charge in [-0.25, -0.2) is 0 Å². The van der Waals surface area contributed by atoms with Gasteiger partial charge in [-0.3, -0.25) is 9.59 Å². The third-order valence-electron chi connectivity index (χ3n) is 21.6. The van der Waals surface area contributed by atoms with Gasteiger partial charge in [-0.05, 0) is 13.8 Å². The number of hydrogen-bond acceptors (Lipinski definition) is 49. The summed E-state index contributed by atoms with van der Waals surface area (Å²) in [5.74, 6) is -1.79. The monoisotopic (exact) mass is 1690 g/mol. The highest BCUT2D eigenvalue weighted by Crippen LogP contribution is 2.41. The largest absolute Gasteiger partial charge is 0.394 e. The Balaban J connectivity index is 0.786. The van der Waals surface area contributed by atoms with Crippen LogP contribution in [0.5, 0.6) is 0 Å². The second-order valence-corrected chi connectivity index (χ2v) is 29.5. The first kappa shape index (κ1) is 94.3. The minimum atomic E-state index is -2.36. The van der Waals surface area contributed by atoms with Gasteiger partial charge in [-0.1, -0.05) is 0 Å². The molecule has 51 nitrogen and oxygen atoms in total. The minimum absolute atomic E-state index is 0.889. The fraction of sp³-hybridized carbons (Fsp3) is 0.969. The lowest BCUT2D eigenvalue weighted by Crippen LogP contribution is -2.69. The molecule has 0 bridgehead atoms. The summed E-state index contributed by atoms with van der Waals surface area (Å²) < 4.78 is 109. The van der Waals surface area contributed by atoms with Gasteiger partial charge in [-0.15, -0.1) is 0 Å². The molecule has 115 heavy (non-hydrogen) atoms. The van der Waals surface area contributed by atoms with Crippen LogP contribution in [-0.4, -0.2) is 515 Å². The number of aliphatic hydroxyl groups excluding tert-OH is 28. The number of ether oxygens (including phenoxy) is 19. The van der Waals surface area contributed by atoms with E-state index in [9.17, 15) is 153 Å². The molecular weight excluding hydrogens is 1580 g/mol. The molecule has 0 aliphatic carbocycles. The first-order valence-electron chi connectivity index (χ1n) is 36.9. The first-order valence-corrected chi connectivity index (χ1v) is 36.9. The third-order valence-corrected chi connectivity index (χ3v) is 21.6. The van der Waals surface area contributed by atoms with Crippen molar-refractivity contribution in [3.8, 4) is 0 Å². The normalized spacial score (nSPS) is 52.1. The van der Waals surface area contributed by atoms with Gasteiger partial charge in [0.2, 0.25) is 11.8 Å². The lowest BCUT2D eigenvalue weighted by molar-refractivity contribution is -0.398. The molecule has 10 fully saturated rings. The molecule has 50 atom stereocenters. The Kier molecular flexibility index (Phi) is 33.3. The van der Waals surface area contributed by atoms with Crippen LogP contribution in [0, 0.1) is 0 Å². The fourth-order valence-electron chi connectivity index (χ4n) is 15.0. The maximum absolute atomic E-state index is 12.8. The van der Waals surface area contributed by atoms with E-state index < -0.39 is 372 Å². The van der Waals surface area contributed by atoms with Crippen LogP contribution < -0.4 is 10.6 Å². The van der Waals surface area contributed by atoms with Crippen molar-refractivity contribution in [3.63, 3.8) is 0 Å². The van der Waals surface area contributed by atoms with Crippen LogP contribution in [0.4, 0.5) is 0 Å². The van der Waals surface area contributed by atoms with Gasteiger partial charge < -0.3 is 244 Å². The van der Waals surface area contributed by atoms with Crippen LogP contribution in [0.3, 0.4) is 0 Å². The van der Waals surface area contributed by atoms with Gasteiger partial charge in [0, 0.05) is 13.8 Å². The quantitative estimate of drug-likeness (QED) is 0.0346. The van der Waals surface area contributed by atoms with E-state index in [1.807, 2.05) is 0 Å². The van der Waals surface area contributed by atoms with Gasteiger partial charge in [0.25, 0.3) is 0 Å².